The molecular weight excluding hydrogens is 188 g/mol. The van der Waals surface area contributed by atoms with Crippen molar-refractivity contribution in [1.29, 1.82) is 0 Å². The number of Topliss-reactive ketones (excluding diaryl/α,β-unsaturated/α-hetero) is 2. The summed E-state index contributed by atoms with van der Waals surface area (Å²) in [7, 11) is 0. The number of hydrogen-bond acceptors (Lipinski definition) is 2. The lowest BCUT2D eigenvalue weighted by molar-refractivity contribution is -0.138. The van der Waals surface area contributed by atoms with Gasteiger partial charge in [-0.25, -0.2) is 0 Å². The van der Waals surface area contributed by atoms with Crippen LogP contribution in [0.1, 0.15) is 59.3 Å². The van der Waals surface area contributed by atoms with Crippen LogP contribution in [0, 0.1) is 11.3 Å². The maximum absolute atomic E-state index is 12.2. The molecule has 0 aliphatic heterocycles. The third-order valence-corrected chi connectivity index (χ3v) is 3.41. The second kappa shape index (κ2) is 4.91. The van der Waals surface area contributed by atoms with Gasteiger partial charge in [-0.3, -0.25) is 9.59 Å². The van der Waals surface area contributed by atoms with Crippen molar-refractivity contribution in [3.05, 3.63) is 0 Å². The molecule has 0 bridgehead atoms. The number of ketones is 2. The van der Waals surface area contributed by atoms with E-state index in [2.05, 4.69) is 0 Å². The summed E-state index contributed by atoms with van der Waals surface area (Å²) in [5.74, 6) is 0.0402. The Morgan fingerprint density at radius 3 is 2.67 bits per heavy atom. The van der Waals surface area contributed by atoms with Crippen molar-refractivity contribution in [1.82, 2.24) is 0 Å². The molecule has 2 nitrogen and oxygen atoms in total. The van der Waals surface area contributed by atoms with E-state index in [0.29, 0.717) is 6.42 Å². The highest BCUT2D eigenvalue weighted by Gasteiger charge is 2.38. The van der Waals surface area contributed by atoms with Crippen LogP contribution in [-0.4, -0.2) is 11.6 Å². The van der Waals surface area contributed by atoms with Gasteiger partial charge < -0.3 is 0 Å². The maximum Gasteiger partial charge on any atom is 0.148 e. The Kier molecular flexibility index (Phi) is 4.06. The third-order valence-electron chi connectivity index (χ3n) is 3.41. The second-order valence-corrected chi connectivity index (χ2v) is 5.26. The van der Waals surface area contributed by atoms with E-state index >= 15 is 0 Å². The summed E-state index contributed by atoms with van der Waals surface area (Å²) in [6.07, 6.45) is 5.22. The van der Waals surface area contributed by atoms with Gasteiger partial charge in [0.05, 0.1) is 5.92 Å². The first-order valence-electron chi connectivity index (χ1n) is 6.06. The van der Waals surface area contributed by atoms with Crippen molar-refractivity contribution in [2.45, 2.75) is 59.3 Å². The molecule has 1 aliphatic rings. The van der Waals surface area contributed by atoms with E-state index in [9.17, 15) is 9.59 Å². The van der Waals surface area contributed by atoms with Crippen molar-refractivity contribution in [2.75, 3.05) is 0 Å². The Labute approximate surface area is 92.4 Å². The molecule has 0 aromatic heterocycles. The van der Waals surface area contributed by atoms with Gasteiger partial charge in [-0.05, 0) is 19.3 Å². The summed E-state index contributed by atoms with van der Waals surface area (Å²) >= 11 is 0. The van der Waals surface area contributed by atoms with E-state index in [1.54, 1.807) is 0 Å². The topological polar surface area (TPSA) is 34.1 Å². The van der Waals surface area contributed by atoms with E-state index in [4.69, 9.17) is 0 Å². The van der Waals surface area contributed by atoms with Gasteiger partial charge in [0.2, 0.25) is 0 Å². The summed E-state index contributed by atoms with van der Waals surface area (Å²) in [6.45, 7) is 5.95. The first kappa shape index (κ1) is 12.4. The number of carbonyl (C=O) groups excluding carboxylic acids is 2. The first-order chi connectivity index (χ1) is 6.99. The van der Waals surface area contributed by atoms with Gasteiger partial charge in [-0.15, -0.1) is 0 Å². The maximum atomic E-state index is 12.2. The summed E-state index contributed by atoms with van der Waals surface area (Å²) in [6, 6.07) is 0. The molecule has 1 aliphatic carbocycles. The van der Waals surface area contributed by atoms with E-state index in [1.807, 2.05) is 20.8 Å². The number of hydrogen-bond donors (Lipinski definition) is 0. The third kappa shape index (κ3) is 2.90. The monoisotopic (exact) mass is 210 g/mol. The van der Waals surface area contributed by atoms with Crippen LogP contribution in [0.3, 0.4) is 0 Å². The Morgan fingerprint density at radius 1 is 1.40 bits per heavy atom. The lowest BCUT2D eigenvalue weighted by Gasteiger charge is -2.24. The zero-order valence-electron chi connectivity index (χ0n) is 10.1. The van der Waals surface area contributed by atoms with Gasteiger partial charge in [0.25, 0.3) is 0 Å². The molecule has 0 spiro atoms. The number of rotatable bonds is 3. The highest BCUT2D eigenvalue weighted by Crippen LogP contribution is 2.34. The smallest absolute Gasteiger partial charge is 0.148 e. The number of carbonyl (C=O) groups is 2. The van der Waals surface area contributed by atoms with Crippen molar-refractivity contribution in [3.8, 4) is 0 Å². The first-order valence-corrected chi connectivity index (χ1v) is 6.06. The fourth-order valence-corrected chi connectivity index (χ4v) is 2.37. The molecule has 1 saturated carbocycles. The van der Waals surface area contributed by atoms with Crippen LogP contribution in [0.5, 0.6) is 0 Å². The molecule has 86 valence electrons. The van der Waals surface area contributed by atoms with Crippen molar-refractivity contribution in [2.24, 2.45) is 11.3 Å². The van der Waals surface area contributed by atoms with E-state index in [0.717, 1.165) is 32.1 Å². The molecular formula is C13H22O2. The van der Waals surface area contributed by atoms with Gasteiger partial charge in [-0.1, -0.05) is 33.6 Å². The van der Waals surface area contributed by atoms with Gasteiger partial charge in [0.15, 0.2) is 0 Å². The molecule has 0 radical (unpaired) electrons. The van der Waals surface area contributed by atoms with E-state index in [-0.39, 0.29) is 22.9 Å². The van der Waals surface area contributed by atoms with Gasteiger partial charge >= 0.3 is 0 Å². The van der Waals surface area contributed by atoms with Crippen molar-refractivity contribution < 1.29 is 9.59 Å². The molecule has 2 heteroatoms. The minimum Gasteiger partial charge on any atom is -0.299 e. The molecule has 0 aromatic carbocycles. The lowest BCUT2D eigenvalue weighted by Crippen LogP contribution is -2.33. The molecule has 0 N–H and O–H groups in total. The standard InChI is InChI=1S/C13H22O2/c1-4-7-11(14)10-8-5-6-9-13(2,3)12(10)15/h10H,4-9H2,1-3H3. The molecule has 0 heterocycles. The largest absolute Gasteiger partial charge is 0.299 e. The van der Waals surface area contributed by atoms with Gasteiger partial charge in [-0.2, -0.15) is 0 Å². The summed E-state index contributed by atoms with van der Waals surface area (Å²) in [5, 5.41) is 0. The highest BCUT2D eigenvalue weighted by molar-refractivity contribution is 6.04. The van der Waals surface area contributed by atoms with Crippen LogP contribution in [-0.2, 0) is 9.59 Å². The summed E-state index contributed by atoms with van der Waals surface area (Å²) in [5.41, 5.74) is -0.287. The Bertz CT molecular complexity index is 253. The minimum atomic E-state index is -0.303. The Balaban J connectivity index is 2.78. The molecule has 0 saturated heterocycles. The van der Waals surface area contributed by atoms with Gasteiger partial charge in [0, 0.05) is 11.8 Å². The normalized spacial score (nSPS) is 26.1. The predicted octanol–water partition coefficient (Wildman–Crippen LogP) is 3.14. The quantitative estimate of drug-likeness (QED) is 0.529. The zero-order chi connectivity index (χ0) is 11.5. The lowest BCUT2D eigenvalue weighted by atomic mass is 9.78. The van der Waals surface area contributed by atoms with Crippen LogP contribution in [0.4, 0.5) is 0 Å². The van der Waals surface area contributed by atoms with Crippen LogP contribution in [0.15, 0.2) is 0 Å². The van der Waals surface area contributed by atoms with Crippen molar-refractivity contribution >= 4 is 11.6 Å². The minimum absolute atomic E-state index is 0.164. The van der Waals surface area contributed by atoms with Crippen LogP contribution < -0.4 is 0 Å². The molecule has 0 aromatic rings. The molecule has 1 fully saturated rings. The SMILES string of the molecule is CCCC(=O)C1CCCCC(C)(C)C1=O. The highest BCUT2D eigenvalue weighted by atomic mass is 16.2. The van der Waals surface area contributed by atoms with Crippen LogP contribution >= 0.6 is 0 Å². The van der Waals surface area contributed by atoms with Gasteiger partial charge in [0.1, 0.15) is 11.6 Å². The molecule has 1 unspecified atom stereocenters. The zero-order valence-corrected chi connectivity index (χ0v) is 10.1. The Hall–Kier alpha value is -0.660. The van der Waals surface area contributed by atoms with Crippen molar-refractivity contribution in [3.63, 3.8) is 0 Å². The molecule has 0 amide bonds. The summed E-state index contributed by atoms with van der Waals surface area (Å²) in [4.78, 5) is 24.0. The average Bonchev–Trinajstić information content (AvgIpc) is 2.28. The fraction of sp³-hybridized carbons (Fsp3) is 0.846. The van der Waals surface area contributed by atoms with Crippen LogP contribution in [0.2, 0.25) is 0 Å². The van der Waals surface area contributed by atoms with E-state index < -0.39 is 0 Å². The second-order valence-electron chi connectivity index (χ2n) is 5.26. The molecule has 15 heavy (non-hydrogen) atoms. The van der Waals surface area contributed by atoms with E-state index in [1.165, 1.54) is 0 Å². The predicted molar refractivity (Wildman–Crippen MR) is 60.7 cm³/mol. The summed E-state index contributed by atoms with van der Waals surface area (Å²) < 4.78 is 0. The fourth-order valence-electron chi connectivity index (χ4n) is 2.37. The molecule has 1 rings (SSSR count). The average molecular weight is 210 g/mol. The molecule has 1 atom stereocenters. The van der Waals surface area contributed by atoms with Crippen LogP contribution in [0.25, 0.3) is 0 Å². The Morgan fingerprint density at radius 2 is 2.07 bits per heavy atom.